The molecule has 80 valence electrons. The van der Waals surface area contributed by atoms with Crippen LogP contribution in [-0.4, -0.2) is 10.9 Å². The zero-order valence-electron chi connectivity index (χ0n) is 8.79. The summed E-state index contributed by atoms with van der Waals surface area (Å²) in [7, 11) is 0. The number of nitrogens with zero attached hydrogens (tertiary/aromatic N) is 1. The molecule has 1 fully saturated rings. The van der Waals surface area contributed by atoms with Crippen molar-refractivity contribution in [3.8, 4) is 0 Å². The summed E-state index contributed by atoms with van der Waals surface area (Å²) in [6.45, 7) is 0. The van der Waals surface area contributed by atoms with Crippen molar-refractivity contribution >= 4 is 5.78 Å². The molecule has 3 rings (SSSR count). The Hall–Kier alpha value is -1.12. The summed E-state index contributed by atoms with van der Waals surface area (Å²) in [4.78, 5) is 12.1. The first kappa shape index (κ1) is 9.13. The number of ketones is 1. The van der Waals surface area contributed by atoms with Crippen LogP contribution < -0.4 is 0 Å². The number of rotatable bonds is 0. The predicted molar refractivity (Wildman–Crippen MR) is 54.6 cm³/mol. The lowest BCUT2D eigenvalue weighted by Crippen LogP contribution is -2.40. The van der Waals surface area contributed by atoms with E-state index in [1.165, 1.54) is 0 Å². The first-order valence-electron chi connectivity index (χ1n) is 5.80. The van der Waals surface area contributed by atoms with Crippen LogP contribution in [-0.2, 0) is 16.6 Å². The molecule has 1 unspecified atom stereocenters. The Morgan fingerprint density at radius 2 is 2.07 bits per heavy atom. The van der Waals surface area contributed by atoms with Crippen LogP contribution in [0.4, 0.5) is 0 Å². The minimum absolute atomic E-state index is 0.289. The Balaban J connectivity index is 2.09. The van der Waals surface area contributed by atoms with Gasteiger partial charge in [0.05, 0.1) is 11.6 Å². The number of fused-ring (bicyclic) bond motifs is 2. The number of hydrogen-bond acceptors (Lipinski definition) is 3. The van der Waals surface area contributed by atoms with E-state index in [0.717, 1.165) is 56.3 Å². The SMILES string of the molecule is O=C1CCCCC12CCCc1cnoc12. The van der Waals surface area contributed by atoms with E-state index in [0.29, 0.717) is 5.78 Å². The van der Waals surface area contributed by atoms with Crippen LogP contribution in [0.15, 0.2) is 10.7 Å². The molecule has 0 aliphatic heterocycles. The molecule has 3 heteroatoms. The second-order valence-corrected chi connectivity index (χ2v) is 4.75. The molecule has 0 N–H and O–H groups in total. The van der Waals surface area contributed by atoms with E-state index in [2.05, 4.69) is 5.16 Å². The van der Waals surface area contributed by atoms with E-state index >= 15 is 0 Å². The van der Waals surface area contributed by atoms with Crippen LogP contribution in [0, 0.1) is 0 Å². The summed E-state index contributed by atoms with van der Waals surface area (Å²) in [6, 6.07) is 0. The molecule has 2 aliphatic carbocycles. The summed E-state index contributed by atoms with van der Waals surface area (Å²) in [5, 5.41) is 3.86. The topological polar surface area (TPSA) is 43.1 Å². The van der Waals surface area contributed by atoms with Crippen LogP contribution in [0.25, 0.3) is 0 Å². The van der Waals surface area contributed by atoms with Crippen molar-refractivity contribution in [1.82, 2.24) is 5.16 Å². The van der Waals surface area contributed by atoms with E-state index in [-0.39, 0.29) is 5.41 Å². The van der Waals surface area contributed by atoms with Gasteiger partial charge in [-0.05, 0) is 32.1 Å². The number of Topliss-reactive ketones (excluding diaryl/α,β-unsaturated/α-hetero) is 1. The van der Waals surface area contributed by atoms with Crippen LogP contribution in [0.3, 0.4) is 0 Å². The first-order valence-corrected chi connectivity index (χ1v) is 5.80. The summed E-state index contributed by atoms with van der Waals surface area (Å²) >= 11 is 0. The minimum atomic E-state index is -0.289. The maximum absolute atomic E-state index is 12.1. The molecule has 2 aliphatic rings. The van der Waals surface area contributed by atoms with Gasteiger partial charge in [0.2, 0.25) is 0 Å². The van der Waals surface area contributed by atoms with Crippen molar-refractivity contribution in [2.24, 2.45) is 0 Å². The summed E-state index contributed by atoms with van der Waals surface area (Å²) in [6.07, 6.45) is 8.75. The lowest BCUT2D eigenvalue weighted by Gasteiger charge is -2.36. The fourth-order valence-electron chi connectivity index (χ4n) is 3.12. The highest BCUT2D eigenvalue weighted by Crippen LogP contribution is 2.45. The molecule has 1 heterocycles. The van der Waals surface area contributed by atoms with Crippen molar-refractivity contribution in [1.29, 1.82) is 0 Å². The molecule has 1 aromatic heterocycles. The van der Waals surface area contributed by atoms with Crippen molar-refractivity contribution in [3.05, 3.63) is 17.5 Å². The Kier molecular flexibility index (Phi) is 1.94. The molecule has 1 aromatic rings. The van der Waals surface area contributed by atoms with Gasteiger partial charge in [0.15, 0.2) is 5.76 Å². The van der Waals surface area contributed by atoms with E-state index in [4.69, 9.17) is 4.52 Å². The third kappa shape index (κ3) is 1.18. The molecule has 0 radical (unpaired) electrons. The average Bonchev–Trinajstić information content (AvgIpc) is 2.72. The fraction of sp³-hybridized carbons (Fsp3) is 0.667. The summed E-state index contributed by atoms with van der Waals surface area (Å²) in [5.41, 5.74) is 0.874. The van der Waals surface area contributed by atoms with Gasteiger partial charge in [-0.3, -0.25) is 4.79 Å². The zero-order valence-corrected chi connectivity index (χ0v) is 8.79. The summed E-state index contributed by atoms with van der Waals surface area (Å²) < 4.78 is 5.35. The molecule has 0 bridgehead atoms. The molecular weight excluding hydrogens is 190 g/mol. The van der Waals surface area contributed by atoms with Crippen LogP contribution in [0.2, 0.25) is 0 Å². The predicted octanol–water partition coefficient (Wildman–Crippen LogP) is 2.39. The minimum Gasteiger partial charge on any atom is -0.360 e. The quantitative estimate of drug-likeness (QED) is 0.653. The molecule has 0 saturated heterocycles. The highest BCUT2D eigenvalue weighted by molar-refractivity contribution is 5.90. The molecule has 0 aromatic carbocycles. The van der Waals surface area contributed by atoms with Gasteiger partial charge in [-0.1, -0.05) is 11.6 Å². The van der Waals surface area contributed by atoms with Crippen molar-refractivity contribution in [2.45, 2.75) is 50.4 Å². The Morgan fingerprint density at radius 1 is 1.20 bits per heavy atom. The molecule has 0 amide bonds. The van der Waals surface area contributed by atoms with E-state index in [1.54, 1.807) is 6.20 Å². The number of carbonyl (C=O) groups is 1. The Labute approximate surface area is 88.8 Å². The lowest BCUT2D eigenvalue weighted by molar-refractivity contribution is -0.128. The van der Waals surface area contributed by atoms with Crippen molar-refractivity contribution < 1.29 is 9.32 Å². The number of hydrogen-bond donors (Lipinski definition) is 0. The highest BCUT2D eigenvalue weighted by atomic mass is 16.5. The van der Waals surface area contributed by atoms with Crippen molar-refractivity contribution in [2.75, 3.05) is 0 Å². The number of aromatic nitrogens is 1. The highest BCUT2D eigenvalue weighted by Gasteiger charge is 2.47. The smallest absolute Gasteiger partial charge is 0.153 e. The third-order valence-corrected chi connectivity index (χ3v) is 3.92. The number of aryl methyl sites for hydroxylation is 1. The molecular formula is C12H15NO2. The van der Waals surface area contributed by atoms with E-state index in [9.17, 15) is 4.79 Å². The van der Waals surface area contributed by atoms with Gasteiger partial charge >= 0.3 is 0 Å². The van der Waals surface area contributed by atoms with Crippen LogP contribution in [0.5, 0.6) is 0 Å². The average molecular weight is 205 g/mol. The second kappa shape index (κ2) is 3.19. The van der Waals surface area contributed by atoms with Gasteiger partial charge in [0, 0.05) is 12.0 Å². The van der Waals surface area contributed by atoms with Gasteiger partial charge < -0.3 is 4.52 Å². The van der Waals surface area contributed by atoms with E-state index < -0.39 is 0 Å². The molecule has 1 spiro atoms. The second-order valence-electron chi connectivity index (χ2n) is 4.75. The third-order valence-electron chi connectivity index (χ3n) is 3.92. The van der Waals surface area contributed by atoms with Crippen LogP contribution >= 0.6 is 0 Å². The Bertz CT molecular complexity index is 396. The van der Waals surface area contributed by atoms with Gasteiger partial charge in [0.1, 0.15) is 5.78 Å². The Morgan fingerprint density at radius 3 is 2.93 bits per heavy atom. The van der Waals surface area contributed by atoms with Gasteiger partial charge in [-0.25, -0.2) is 0 Å². The van der Waals surface area contributed by atoms with Crippen molar-refractivity contribution in [3.63, 3.8) is 0 Å². The molecule has 15 heavy (non-hydrogen) atoms. The molecule has 3 nitrogen and oxygen atoms in total. The van der Waals surface area contributed by atoms with Gasteiger partial charge in [-0.15, -0.1) is 0 Å². The monoisotopic (exact) mass is 205 g/mol. The fourth-order valence-corrected chi connectivity index (χ4v) is 3.12. The maximum atomic E-state index is 12.1. The molecule has 1 saturated carbocycles. The lowest BCUT2D eigenvalue weighted by atomic mass is 9.65. The zero-order chi connectivity index (χ0) is 10.3. The van der Waals surface area contributed by atoms with Gasteiger partial charge in [-0.2, -0.15) is 0 Å². The van der Waals surface area contributed by atoms with E-state index in [1.807, 2.05) is 0 Å². The normalized spacial score (nSPS) is 30.5. The summed E-state index contributed by atoms with van der Waals surface area (Å²) in [5.74, 6) is 1.27. The molecule has 1 atom stereocenters. The van der Waals surface area contributed by atoms with Gasteiger partial charge in [0.25, 0.3) is 0 Å². The number of carbonyl (C=O) groups excluding carboxylic acids is 1. The standard InChI is InChI=1S/C12H15NO2/c14-10-5-1-2-6-12(10)7-3-4-9-8-13-15-11(9)12/h8H,1-7H2. The maximum Gasteiger partial charge on any atom is 0.153 e. The van der Waals surface area contributed by atoms with Crippen LogP contribution in [0.1, 0.15) is 49.8 Å². The first-order chi connectivity index (χ1) is 7.33. The largest absolute Gasteiger partial charge is 0.360 e.